The lowest BCUT2D eigenvalue weighted by molar-refractivity contribution is 0.973. The summed E-state index contributed by atoms with van der Waals surface area (Å²) in [6.45, 7) is 4.10. The molecule has 3 nitrogen and oxygen atoms in total. The Hall–Kier alpha value is -1.48. The largest absolute Gasteiger partial charge is 0.243 e. The average molecular weight is 220 g/mol. The molecule has 15 heavy (non-hydrogen) atoms. The molecule has 1 aromatic heterocycles. The highest BCUT2D eigenvalue weighted by Crippen LogP contribution is 2.21. The zero-order chi connectivity index (χ0) is 10.8. The lowest BCUT2D eigenvalue weighted by Gasteiger charge is -2.05. The summed E-state index contributed by atoms with van der Waals surface area (Å²) in [5.41, 5.74) is 4.18. The maximum atomic E-state index is 5.69. The van der Waals surface area contributed by atoms with Gasteiger partial charge in [0.05, 0.1) is 11.9 Å². The summed E-state index contributed by atoms with van der Waals surface area (Å²) in [6, 6.07) is 6.16. The molecule has 0 aliphatic carbocycles. The first kappa shape index (κ1) is 10.1. The van der Waals surface area contributed by atoms with Crippen LogP contribution >= 0.6 is 11.6 Å². The molecule has 0 saturated carbocycles. The number of halogens is 1. The topological polar surface area (TPSA) is 38.7 Å². The molecule has 2 rings (SSSR count). The molecule has 76 valence electrons. The van der Waals surface area contributed by atoms with E-state index in [2.05, 4.69) is 28.2 Å². The molecule has 0 amide bonds. The van der Waals surface area contributed by atoms with Crippen molar-refractivity contribution in [3.63, 3.8) is 0 Å². The standard InChI is InChI=1S/C11H10ClN3/c1-7-3-4-9(8(2)5-7)10-6-13-15-11(12)14-10/h3-6H,1-2H3. The molecule has 0 aliphatic heterocycles. The van der Waals surface area contributed by atoms with Crippen LogP contribution in [-0.2, 0) is 0 Å². The lowest BCUT2D eigenvalue weighted by Crippen LogP contribution is -1.92. The molecule has 2 aromatic rings. The minimum Gasteiger partial charge on any atom is -0.215 e. The van der Waals surface area contributed by atoms with E-state index < -0.39 is 0 Å². The smallest absolute Gasteiger partial charge is 0.215 e. The number of aromatic nitrogens is 3. The number of hydrogen-bond acceptors (Lipinski definition) is 3. The van der Waals surface area contributed by atoms with Crippen LogP contribution in [0.5, 0.6) is 0 Å². The summed E-state index contributed by atoms with van der Waals surface area (Å²) in [6.07, 6.45) is 1.61. The van der Waals surface area contributed by atoms with E-state index in [1.54, 1.807) is 6.20 Å². The third-order valence-corrected chi connectivity index (χ3v) is 2.35. The third kappa shape index (κ3) is 2.13. The molecule has 0 atom stereocenters. The van der Waals surface area contributed by atoms with Crippen LogP contribution < -0.4 is 0 Å². The second-order valence-corrected chi connectivity index (χ2v) is 3.77. The van der Waals surface area contributed by atoms with Crippen molar-refractivity contribution in [1.29, 1.82) is 0 Å². The van der Waals surface area contributed by atoms with Gasteiger partial charge in [0, 0.05) is 5.56 Å². The zero-order valence-electron chi connectivity index (χ0n) is 8.53. The molecule has 0 saturated heterocycles. The van der Waals surface area contributed by atoms with Crippen molar-refractivity contribution in [1.82, 2.24) is 15.2 Å². The Labute approximate surface area is 93.1 Å². The molecule has 0 bridgehead atoms. The van der Waals surface area contributed by atoms with Gasteiger partial charge in [-0.15, -0.1) is 5.10 Å². The van der Waals surface area contributed by atoms with E-state index in [0.717, 1.165) is 16.8 Å². The van der Waals surface area contributed by atoms with Gasteiger partial charge in [-0.3, -0.25) is 0 Å². The van der Waals surface area contributed by atoms with Gasteiger partial charge in [-0.05, 0) is 31.0 Å². The summed E-state index contributed by atoms with van der Waals surface area (Å²) in [4.78, 5) is 4.13. The van der Waals surface area contributed by atoms with E-state index in [1.165, 1.54) is 5.56 Å². The van der Waals surface area contributed by atoms with E-state index in [9.17, 15) is 0 Å². The van der Waals surface area contributed by atoms with Gasteiger partial charge in [-0.2, -0.15) is 5.10 Å². The van der Waals surface area contributed by atoms with E-state index in [-0.39, 0.29) is 5.28 Å². The molecular formula is C11H10ClN3. The highest BCUT2D eigenvalue weighted by molar-refractivity contribution is 6.28. The summed E-state index contributed by atoms with van der Waals surface area (Å²) >= 11 is 5.69. The molecule has 0 N–H and O–H groups in total. The minimum atomic E-state index is 0.174. The molecule has 1 aromatic carbocycles. The highest BCUT2D eigenvalue weighted by Gasteiger charge is 2.04. The van der Waals surface area contributed by atoms with Crippen molar-refractivity contribution < 1.29 is 0 Å². The van der Waals surface area contributed by atoms with E-state index in [1.807, 2.05) is 19.1 Å². The molecule has 0 unspecified atom stereocenters. The predicted molar refractivity (Wildman–Crippen MR) is 59.7 cm³/mol. The zero-order valence-corrected chi connectivity index (χ0v) is 9.28. The van der Waals surface area contributed by atoms with Gasteiger partial charge in [0.2, 0.25) is 5.28 Å². The summed E-state index contributed by atoms with van der Waals surface area (Å²) in [5, 5.41) is 7.57. The second kappa shape index (κ2) is 3.95. The van der Waals surface area contributed by atoms with E-state index >= 15 is 0 Å². The Morgan fingerprint density at radius 1 is 1.20 bits per heavy atom. The van der Waals surface area contributed by atoms with Gasteiger partial charge in [0.25, 0.3) is 0 Å². The molecule has 0 fully saturated rings. The normalized spacial score (nSPS) is 10.3. The maximum absolute atomic E-state index is 5.69. The Balaban J connectivity index is 2.54. The van der Waals surface area contributed by atoms with Crippen molar-refractivity contribution in [2.24, 2.45) is 0 Å². The van der Waals surface area contributed by atoms with Gasteiger partial charge in [0.15, 0.2) is 0 Å². The quantitative estimate of drug-likeness (QED) is 0.740. The first-order valence-corrected chi connectivity index (χ1v) is 4.97. The van der Waals surface area contributed by atoms with Crippen molar-refractivity contribution in [2.75, 3.05) is 0 Å². The van der Waals surface area contributed by atoms with Crippen LogP contribution in [0.1, 0.15) is 11.1 Å². The monoisotopic (exact) mass is 219 g/mol. The van der Waals surface area contributed by atoms with Crippen LogP contribution in [-0.4, -0.2) is 15.2 Å². The summed E-state index contributed by atoms with van der Waals surface area (Å²) in [7, 11) is 0. The average Bonchev–Trinajstić information content (AvgIpc) is 2.17. The first-order chi connectivity index (χ1) is 7.16. The van der Waals surface area contributed by atoms with Gasteiger partial charge in [-0.25, -0.2) is 4.98 Å². The van der Waals surface area contributed by atoms with Gasteiger partial charge >= 0.3 is 0 Å². The number of benzene rings is 1. The van der Waals surface area contributed by atoms with Crippen LogP contribution in [0.4, 0.5) is 0 Å². The fraction of sp³-hybridized carbons (Fsp3) is 0.182. The summed E-state index contributed by atoms with van der Waals surface area (Å²) in [5.74, 6) is 0. The van der Waals surface area contributed by atoms with Gasteiger partial charge in [0.1, 0.15) is 0 Å². The molecule has 0 radical (unpaired) electrons. The van der Waals surface area contributed by atoms with E-state index in [0.29, 0.717) is 0 Å². The number of rotatable bonds is 1. The lowest BCUT2D eigenvalue weighted by atomic mass is 10.0. The molecule has 1 heterocycles. The van der Waals surface area contributed by atoms with E-state index in [4.69, 9.17) is 11.6 Å². The Morgan fingerprint density at radius 2 is 2.00 bits per heavy atom. The van der Waals surface area contributed by atoms with Crippen LogP contribution in [0.3, 0.4) is 0 Å². The van der Waals surface area contributed by atoms with Crippen molar-refractivity contribution >= 4 is 11.6 Å². The Kier molecular flexibility index (Phi) is 2.64. The van der Waals surface area contributed by atoms with Crippen LogP contribution in [0.15, 0.2) is 24.4 Å². The van der Waals surface area contributed by atoms with Crippen LogP contribution in [0.25, 0.3) is 11.3 Å². The van der Waals surface area contributed by atoms with Crippen LogP contribution in [0, 0.1) is 13.8 Å². The minimum absolute atomic E-state index is 0.174. The number of nitrogens with zero attached hydrogens (tertiary/aromatic N) is 3. The first-order valence-electron chi connectivity index (χ1n) is 4.59. The third-order valence-electron chi connectivity index (χ3n) is 2.19. The fourth-order valence-electron chi connectivity index (χ4n) is 1.51. The number of hydrogen-bond donors (Lipinski definition) is 0. The Bertz CT molecular complexity index is 497. The van der Waals surface area contributed by atoms with Gasteiger partial charge in [-0.1, -0.05) is 23.8 Å². The molecule has 4 heteroatoms. The molecule has 0 aliphatic rings. The Morgan fingerprint density at radius 3 is 2.67 bits per heavy atom. The molecule has 0 spiro atoms. The van der Waals surface area contributed by atoms with Crippen LogP contribution in [0.2, 0.25) is 5.28 Å². The van der Waals surface area contributed by atoms with Gasteiger partial charge < -0.3 is 0 Å². The predicted octanol–water partition coefficient (Wildman–Crippen LogP) is 2.81. The van der Waals surface area contributed by atoms with Crippen molar-refractivity contribution in [3.8, 4) is 11.3 Å². The van der Waals surface area contributed by atoms with Crippen molar-refractivity contribution in [3.05, 3.63) is 40.8 Å². The SMILES string of the molecule is Cc1ccc(-c2cnnc(Cl)n2)c(C)c1. The van der Waals surface area contributed by atoms with Crippen molar-refractivity contribution in [2.45, 2.75) is 13.8 Å². The number of aryl methyl sites for hydroxylation is 2. The maximum Gasteiger partial charge on any atom is 0.243 e. The molecular weight excluding hydrogens is 210 g/mol. The fourth-order valence-corrected chi connectivity index (χ4v) is 1.65. The second-order valence-electron chi connectivity index (χ2n) is 3.43. The summed E-state index contributed by atoms with van der Waals surface area (Å²) < 4.78 is 0. The highest BCUT2D eigenvalue weighted by atomic mass is 35.5.